The molecule has 1 aromatic rings. The van der Waals surface area contributed by atoms with E-state index in [2.05, 4.69) is 21.2 Å². The van der Waals surface area contributed by atoms with Gasteiger partial charge in [-0.05, 0) is 38.1 Å². The number of nitrogens with zero attached hydrogens (tertiary/aromatic N) is 4. The Balaban J connectivity index is 1.98. The third kappa shape index (κ3) is 6.01. The lowest BCUT2D eigenvalue weighted by molar-refractivity contribution is -0.126. The van der Waals surface area contributed by atoms with Gasteiger partial charge in [0, 0.05) is 45.0 Å². The second-order valence-electron chi connectivity index (χ2n) is 6.82. The Hall–Kier alpha value is -2.50. The molecule has 1 atom stereocenters. The number of anilines is 1. The number of benzene rings is 1. The highest BCUT2D eigenvalue weighted by Crippen LogP contribution is 2.18. The highest BCUT2D eigenvalue weighted by atomic mass is 19.1. The number of hydrogen-bond donors (Lipinski definition) is 1. The number of carbonyl (C=O) groups is 2. The van der Waals surface area contributed by atoms with Gasteiger partial charge in [0.1, 0.15) is 5.82 Å². The molecule has 2 rings (SSSR count). The number of amides is 2. The third-order valence-corrected chi connectivity index (χ3v) is 4.90. The number of likely N-dealkylation sites (N-methyl/N-ethyl adjacent to an activating group) is 1. The molecule has 1 saturated heterocycles. The number of hydrogen-bond acceptors (Lipinski definition) is 5. The molecule has 7 nitrogen and oxygen atoms in total. The molecule has 1 unspecified atom stereocenters. The van der Waals surface area contributed by atoms with Crippen LogP contribution in [-0.4, -0.2) is 73.5 Å². The minimum absolute atomic E-state index is 0.0130. The average Bonchev–Trinajstić information content (AvgIpc) is 2.69. The fourth-order valence-electron chi connectivity index (χ4n) is 3.30. The maximum absolute atomic E-state index is 13.2. The molecule has 1 aromatic carbocycles. The molecule has 8 heteroatoms. The molecule has 0 saturated carbocycles. The van der Waals surface area contributed by atoms with E-state index in [4.69, 9.17) is 5.26 Å². The maximum Gasteiger partial charge on any atom is 0.244 e. The van der Waals surface area contributed by atoms with E-state index in [0.29, 0.717) is 45.0 Å². The van der Waals surface area contributed by atoms with Crippen LogP contribution in [0.4, 0.5) is 10.1 Å². The van der Waals surface area contributed by atoms with Crippen molar-refractivity contribution in [3.63, 3.8) is 0 Å². The van der Waals surface area contributed by atoms with Gasteiger partial charge >= 0.3 is 0 Å². The first-order valence-electron chi connectivity index (χ1n) is 9.63. The summed E-state index contributed by atoms with van der Waals surface area (Å²) < 4.78 is 13.2. The molecule has 0 aromatic heterocycles. The van der Waals surface area contributed by atoms with Gasteiger partial charge in [-0.25, -0.2) is 4.39 Å². The van der Waals surface area contributed by atoms with Crippen molar-refractivity contribution in [3.05, 3.63) is 30.1 Å². The van der Waals surface area contributed by atoms with E-state index in [1.807, 2.05) is 13.8 Å². The topological polar surface area (TPSA) is 79.7 Å². The van der Waals surface area contributed by atoms with Crippen molar-refractivity contribution in [2.45, 2.75) is 26.3 Å². The fourth-order valence-corrected chi connectivity index (χ4v) is 3.30. The highest BCUT2D eigenvalue weighted by molar-refractivity contribution is 5.97. The molecule has 1 fully saturated rings. The first-order valence-corrected chi connectivity index (χ1v) is 9.63. The second kappa shape index (κ2) is 10.7. The van der Waals surface area contributed by atoms with E-state index in [1.165, 1.54) is 12.1 Å². The Bertz CT molecular complexity index is 696. The van der Waals surface area contributed by atoms with Crippen molar-refractivity contribution < 1.29 is 14.0 Å². The van der Waals surface area contributed by atoms with E-state index in [-0.39, 0.29) is 36.6 Å². The molecular formula is C20H28FN5O2. The van der Waals surface area contributed by atoms with Gasteiger partial charge in [0.05, 0.1) is 25.1 Å². The molecule has 1 heterocycles. The predicted octanol–water partition coefficient (Wildman–Crippen LogP) is 1.21. The average molecular weight is 389 g/mol. The Morgan fingerprint density at radius 1 is 1.25 bits per heavy atom. The van der Waals surface area contributed by atoms with Gasteiger partial charge < -0.3 is 10.2 Å². The molecular weight excluding hydrogens is 361 g/mol. The molecule has 0 aliphatic carbocycles. The van der Waals surface area contributed by atoms with Crippen LogP contribution in [0.1, 0.15) is 20.3 Å². The molecule has 0 radical (unpaired) electrons. The van der Waals surface area contributed by atoms with Crippen LogP contribution >= 0.6 is 0 Å². The van der Waals surface area contributed by atoms with Crippen LogP contribution in [0.5, 0.6) is 0 Å². The van der Waals surface area contributed by atoms with Crippen molar-refractivity contribution in [2.24, 2.45) is 0 Å². The summed E-state index contributed by atoms with van der Waals surface area (Å²) in [5.74, 6) is -0.467. The zero-order valence-corrected chi connectivity index (χ0v) is 16.5. The molecule has 0 bridgehead atoms. The minimum Gasteiger partial charge on any atom is -0.355 e. The summed E-state index contributed by atoms with van der Waals surface area (Å²) in [5, 5.41) is 11.7. The molecule has 0 spiro atoms. The molecule has 152 valence electrons. The molecule has 2 amide bonds. The normalized spacial score (nSPS) is 16.2. The maximum atomic E-state index is 13.2. The van der Waals surface area contributed by atoms with E-state index < -0.39 is 0 Å². The second-order valence-corrected chi connectivity index (χ2v) is 6.82. The smallest absolute Gasteiger partial charge is 0.244 e. The van der Waals surface area contributed by atoms with Crippen LogP contribution in [0.25, 0.3) is 0 Å². The largest absolute Gasteiger partial charge is 0.355 e. The Labute approximate surface area is 165 Å². The van der Waals surface area contributed by atoms with Crippen molar-refractivity contribution in [1.29, 1.82) is 5.26 Å². The van der Waals surface area contributed by atoms with Crippen LogP contribution in [-0.2, 0) is 9.59 Å². The van der Waals surface area contributed by atoms with Crippen molar-refractivity contribution in [3.8, 4) is 6.07 Å². The first-order chi connectivity index (χ1) is 13.5. The number of halogens is 1. The van der Waals surface area contributed by atoms with E-state index in [1.54, 1.807) is 17.0 Å². The Morgan fingerprint density at radius 3 is 2.46 bits per heavy atom. The quantitative estimate of drug-likeness (QED) is 0.723. The monoisotopic (exact) mass is 389 g/mol. The lowest BCUT2D eigenvalue weighted by Crippen LogP contribution is -2.55. The number of nitriles is 1. The highest BCUT2D eigenvalue weighted by Gasteiger charge is 2.29. The van der Waals surface area contributed by atoms with Gasteiger partial charge in [-0.1, -0.05) is 0 Å². The number of carbonyl (C=O) groups excluding carboxylic acids is 2. The van der Waals surface area contributed by atoms with E-state index >= 15 is 0 Å². The van der Waals surface area contributed by atoms with Crippen LogP contribution in [0.15, 0.2) is 24.3 Å². The zero-order chi connectivity index (χ0) is 20.5. The van der Waals surface area contributed by atoms with Gasteiger partial charge in [0.25, 0.3) is 0 Å². The van der Waals surface area contributed by atoms with Crippen molar-refractivity contribution in [2.75, 3.05) is 50.7 Å². The summed E-state index contributed by atoms with van der Waals surface area (Å²) in [7, 11) is 0. The molecule has 28 heavy (non-hydrogen) atoms. The summed E-state index contributed by atoms with van der Waals surface area (Å²) in [6.07, 6.45) is 0.205. The molecule has 1 aliphatic rings. The Kier molecular flexibility index (Phi) is 8.36. The first kappa shape index (κ1) is 21.8. The summed E-state index contributed by atoms with van der Waals surface area (Å²) in [6, 6.07) is 7.43. The third-order valence-electron chi connectivity index (χ3n) is 4.90. The van der Waals surface area contributed by atoms with E-state index in [9.17, 15) is 14.0 Å². The fraction of sp³-hybridized carbons (Fsp3) is 0.550. The standard InChI is InChI=1S/C20H28FN5O2/c1-3-23-19(27)15-24-11-13-25(14-12-24)16(2)20(28)26(10-4-9-22)18-7-5-17(21)6-8-18/h5-8,16H,3-4,10-15H2,1-2H3,(H,23,27). The van der Waals surface area contributed by atoms with Crippen molar-refractivity contribution >= 4 is 17.5 Å². The zero-order valence-electron chi connectivity index (χ0n) is 16.5. The lowest BCUT2D eigenvalue weighted by Gasteiger charge is -2.38. The lowest BCUT2D eigenvalue weighted by atomic mass is 10.1. The predicted molar refractivity (Wildman–Crippen MR) is 105 cm³/mol. The van der Waals surface area contributed by atoms with Crippen LogP contribution in [0, 0.1) is 17.1 Å². The SMILES string of the molecule is CCNC(=O)CN1CCN(C(C)C(=O)N(CCC#N)c2ccc(F)cc2)CC1. The van der Waals surface area contributed by atoms with Gasteiger partial charge in [0.15, 0.2) is 0 Å². The summed E-state index contributed by atoms with van der Waals surface area (Å²) in [6.45, 7) is 7.78. The summed E-state index contributed by atoms with van der Waals surface area (Å²) >= 11 is 0. The molecule has 1 N–H and O–H groups in total. The minimum atomic E-state index is -0.368. The van der Waals surface area contributed by atoms with Gasteiger partial charge in [-0.3, -0.25) is 19.4 Å². The van der Waals surface area contributed by atoms with Crippen LogP contribution in [0.3, 0.4) is 0 Å². The summed E-state index contributed by atoms with van der Waals surface area (Å²) in [4.78, 5) is 30.5. The van der Waals surface area contributed by atoms with Gasteiger partial charge in [-0.2, -0.15) is 5.26 Å². The Morgan fingerprint density at radius 2 is 1.89 bits per heavy atom. The summed E-state index contributed by atoms with van der Waals surface area (Å²) in [5.41, 5.74) is 0.586. The van der Waals surface area contributed by atoms with Crippen LogP contribution < -0.4 is 10.2 Å². The van der Waals surface area contributed by atoms with Crippen molar-refractivity contribution in [1.82, 2.24) is 15.1 Å². The molecule has 1 aliphatic heterocycles. The number of nitrogens with one attached hydrogen (secondary N) is 1. The van der Waals surface area contributed by atoms with Gasteiger partial charge in [0.2, 0.25) is 11.8 Å². The number of piperazine rings is 1. The van der Waals surface area contributed by atoms with E-state index in [0.717, 1.165) is 0 Å². The van der Waals surface area contributed by atoms with Gasteiger partial charge in [-0.15, -0.1) is 0 Å². The van der Waals surface area contributed by atoms with Crippen LogP contribution in [0.2, 0.25) is 0 Å². The number of rotatable bonds is 8.